The zero-order chi connectivity index (χ0) is 55.4. The minimum atomic E-state index is -1.52. The van der Waals surface area contributed by atoms with E-state index in [1.165, 1.54) is 24.3 Å². The third-order valence-corrected chi connectivity index (χ3v) is 18.7. The highest BCUT2D eigenvalue weighted by Gasteiger charge is 2.48. The zero-order valence-electron chi connectivity index (χ0n) is 42.1. The summed E-state index contributed by atoms with van der Waals surface area (Å²) in [6.45, 7) is 0. The summed E-state index contributed by atoms with van der Waals surface area (Å²) < 4.78 is 44.0. The first kappa shape index (κ1) is 51.8. The molecule has 0 radical (unpaired) electrons. The van der Waals surface area contributed by atoms with Gasteiger partial charge in [-0.1, -0.05) is 199 Å². The first-order valence-corrected chi connectivity index (χ1v) is 29.7. The van der Waals surface area contributed by atoms with Gasteiger partial charge in [-0.25, -0.2) is 8.78 Å². The second-order valence-corrected chi connectivity index (χ2v) is 24.2. The number of halogens is 7. The molecule has 1 atom stereocenters. The Labute approximate surface area is 504 Å². The molecule has 2 aliphatic carbocycles. The van der Waals surface area contributed by atoms with Gasteiger partial charge in [0.15, 0.2) is 5.78 Å². The molecule has 4 nitrogen and oxygen atoms in total. The van der Waals surface area contributed by atoms with E-state index in [0.717, 1.165) is 149 Å². The number of benzene rings is 12. The molecule has 0 bridgehead atoms. The molecule has 0 fully saturated rings. The highest BCUT2D eigenvalue weighted by Crippen LogP contribution is 2.60. The quantitative estimate of drug-likeness (QED) is 0.191. The third kappa shape index (κ3) is 8.33. The van der Waals surface area contributed by atoms with E-state index >= 15 is 0 Å². The minimum absolute atomic E-state index is 0.0366. The Bertz CT molecular complexity index is 4950. The van der Waals surface area contributed by atoms with Crippen LogP contribution in [-0.2, 0) is 5.60 Å². The lowest BCUT2D eigenvalue weighted by Crippen LogP contribution is -2.27. The van der Waals surface area contributed by atoms with Gasteiger partial charge in [0.2, 0.25) is 0 Å². The first-order valence-electron chi connectivity index (χ1n) is 25.7. The molecule has 0 aliphatic heterocycles. The predicted octanol–water partition coefficient (Wildman–Crippen LogP) is 22.1. The van der Waals surface area contributed by atoms with Crippen LogP contribution in [-0.4, -0.2) is 10.9 Å². The molecule has 14 aromatic rings. The monoisotopic (exact) mass is 1370 g/mol. The Balaban J connectivity index is 0.000000123. The van der Waals surface area contributed by atoms with Gasteiger partial charge in [-0.05, 0) is 142 Å². The van der Waals surface area contributed by atoms with Crippen LogP contribution in [0, 0.1) is 11.6 Å². The van der Waals surface area contributed by atoms with E-state index in [1.807, 2.05) is 133 Å². The van der Waals surface area contributed by atoms with Crippen molar-refractivity contribution in [2.75, 3.05) is 0 Å². The van der Waals surface area contributed by atoms with Crippen LogP contribution in [0.1, 0.15) is 32.6 Å². The largest absolute Gasteiger partial charge is 0.455 e. The molecule has 0 saturated heterocycles. The number of carbonyl (C=O) groups is 1. The van der Waals surface area contributed by atoms with Crippen LogP contribution in [0.4, 0.5) is 8.78 Å². The highest BCUT2D eigenvalue weighted by atomic mass is 79.9. The summed E-state index contributed by atoms with van der Waals surface area (Å²) in [7, 11) is 0. The molecule has 16 rings (SSSR count). The molecule has 0 saturated carbocycles. The average molecular weight is 1380 g/mol. The summed E-state index contributed by atoms with van der Waals surface area (Å²) in [5.74, 6) is -0.474. The fourth-order valence-corrected chi connectivity index (χ4v) is 14.8. The van der Waals surface area contributed by atoms with Crippen molar-refractivity contribution in [1.29, 1.82) is 0 Å². The summed E-state index contributed by atoms with van der Waals surface area (Å²) in [6, 6.07) is 68.9. The lowest BCUT2D eigenvalue weighted by atomic mass is 9.80. The number of furan rings is 2. The van der Waals surface area contributed by atoms with Crippen molar-refractivity contribution in [3.63, 3.8) is 0 Å². The second kappa shape index (κ2) is 20.3. The van der Waals surface area contributed by atoms with Crippen LogP contribution in [0.15, 0.2) is 250 Å². The normalized spacial score (nSPS) is 14.0. The van der Waals surface area contributed by atoms with E-state index in [4.69, 9.17) is 8.83 Å². The van der Waals surface area contributed by atoms with Gasteiger partial charge < -0.3 is 13.9 Å². The van der Waals surface area contributed by atoms with E-state index < -0.39 is 5.60 Å². The van der Waals surface area contributed by atoms with Gasteiger partial charge in [0.25, 0.3) is 0 Å². The number of fused-ring (bicyclic) bond motifs is 18. The zero-order valence-corrected chi connectivity index (χ0v) is 50.0. The molecule has 12 aromatic carbocycles. The van der Waals surface area contributed by atoms with Crippen LogP contribution in [0.2, 0.25) is 0 Å². The topological polar surface area (TPSA) is 63.6 Å². The molecule has 81 heavy (non-hydrogen) atoms. The molecule has 11 heteroatoms. The Morgan fingerprint density at radius 1 is 0.346 bits per heavy atom. The summed E-state index contributed by atoms with van der Waals surface area (Å²) in [4.78, 5) is 13.2. The van der Waals surface area contributed by atoms with E-state index in [-0.39, 0.29) is 17.4 Å². The van der Waals surface area contributed by atoms with E-state index in [0.29, 0.717) is 11.1 Å². The Kier molecular flexibility index (Phi) is 13.0. The van der Waals surface area contributed by atoms with Gasteiger partial charge in [0.05, 0.1) is 0 Å². The van der Waals surface area contributed by atoms with Crippen LogP contribution >= 0.6 is 79.6 Å². The van der Waals surface area contributed by atoms with Gasteiger partial charge in [0.1, 0.15) is 39.6 Å². The molecule has 2 aliphatic rings. The molecule has 390 valence electrons. The van der Waals surface area contributed by atoms with Crippen molar-refractivity contribution in [3.05, 3.63) is 280 Å². The van der Waals surface area contributed by atoms with E-state index in [9.17, 15) is 18.7 Å². The van der Waals surface area contributed by atoms with Crippen LogP contribution < -0.4 is 0 Å². The smallest absolute Gasteiger partial charge is 0.194 e. The van der Waals surface area contributed by atoms with E-state index in [2.05, 4.69) is 116 Å². The average Bonchev–Trinajstić information content (AvgIpc) is 2.46. The highest BCUT2D eigenvalue weighted by molar-refractivity contribution is 9.11. The first-order chi connectivity index (χ1) is 39.4. The van der Waals surface area contributed by atoms with Crippen molar-refractivity contribution in [2.45, 2.75) is 5.60 Å². The van der Waals surface area contributed by atoms with Gasteiger partial charge in [-0.3, -0.25) is 4.79 Å². The van der Waals surface area contributed by atoms with Gasteiger partial charge in [0, 0.05) is 94.0 Å². The summed E-state index contributed by atoms with van der Waals surface area (Å²) in [6.07, 6.45) is 0. The number of aliphatic hydroxyl groups is 1. The third-order valence-electron chi connectivity index (χ3n) is 15.5. The van der Waals surface area contributed by atoms with Crippen molar-refractivity contribution >= 4 is 151 Å². The Morgan fingerprint density at radius 3 is 1.35 bits per heavy atom. The van der Waals surface area contributed by atoms with Gasteiger partial charge in [-0.2, -0.15) is 0 Å². The molecule has 0 spiro atoms. The van der Waals surface area contributed by atoms with Crippen LogP contribution in [0.5, 0.6) is 0 Å². The number of hydrogen-bond donors (Lipinski definition) is 1. The maximum absolute atomic E-state index is 13.9. The van der Waals surface area contributed by atoms with Crippen molar-refractivity contribution in [1.82, 2.24) is 0 Å². The summed E-state index contributed by atoms with van der Waals surface area (Å²) >= 11 is 18.4. The maximum atomic E-state index is 13.9. The fraction of sp³-hybridized carbons (Fsp3) is 0.0143. The SMILES string of the molecule is Fc1ccc(-c2ccccc2Br)cc1.O=C1c2cc(Br)c3ccccc3c2-c2c1cc(Br)c1c2oc2ccccc21.OC1(c2ccccc2-c2ccc(F)cc2)c2cc(Br)c3ccccc3c2-c2c1cc(Br)c1c2oc2ccccc21. The molecular weight excluding hydrogens is 1340 g/mol. The number of carbonyl (C=O) groups excluding carboxylic acids is 1. The molecule has 0 amide bonds. The molecule has 1 N–H and O–H groups in total. The number of rotatable bonds is 3. The number of ketones is 1. The fourth-order valence-electron chi connectivity index (χ4n) is 11.9. The number of hydrogen-bond acceptors (Lipinski definition) is 4. The summed E-state index contributed by atoms with van der Waals surface area (Å²) in [5, 5.41) is 21.4. The lowest BCUT2D eigenvalue weighted by molar-refractivity contribution is 0.104. The summed E-state index contributed by atoms with van der Waals surface area (Å²) in [5.41, 5.74) is 12.6. The van der Waals surface area contributed by atoms with Crippen molar-refractivity contribution in [2.24, 2.45) is 0 Å². The van der Waals surface area contributed by atoms with Crippen LogP contribution in [0.25, 0.3) is 110 Å². The minimum Gasteiger partial charge on any atom is -0.455 e. The van der Waals surface area contributed by atoms with Crippen LogP contribution in [0.3, 0.4) is 0 Å². The lowest BCUT2D eigenvalue weighted by Gasteiger charge is -2.29. The van der Waals surface area contributed by atoms with Crippen molar-refractivity contribution < 1.29 is 27.5 Å². The number of para-hydroxylation sites is 2. The molecule has 1 unspecified atom stereocenters. The van der Waals surface area contributed by atoms with Gasteiger partial charge in [-0.15, -0.1) is 0 Å². The molecule has 2 aromatic heterocycles. The second-order valence-electron chi connectivity index (χ2n) is 19.9. The predicted molar refractivity (Wildman–Crippen MR) is 341 cm³/mol. The van der Waals surface area contributed by atoms with E-state index in [1.54, 1.807) is 24.3 Å². The Morgan fingerprint density at radius 2 is 0.753 bits per heavy atom. The molecule has 2 heterocycles. The molecular formula is C70H37Br5F2O4. The van der Waals surface area contributed by atoms with Crippen molar-refractivity contribution in [3.8, 4) is 44.5 Å². The Hall–Kier alpha value is -7.35. The van der Waals surface area contributed by atoms with Gasteiger partial charge >= 0.3 is 0 Å². The maximum Gasteiger partial charge on any atom is 0.194 e. The standard InChI is InChI=1S/C35H19Br2FO2.C23H10Br2O2.C12H8BrF/c36-28-17-26-31(23-9-2-1-8-22(23)28)33-27(18-29(37)32-24-10-4-6-12-30(24)40-34(32)33)35(26,39)25-11-5-3-7-21(25)19-13-15-20(38)16-14-19;24-16-9-14-19(12-6-2-1-5-11(12)16)21-15(22(14)26)10-17(25)20-13-7-3-4-8-18(13)27-23(20)21;13-12-4-2-1-3-11(12)9-5-7-10(14)8-6-9/h1-18,39H;1-10H;1-8H.